The highest BCUT2D eigenvalue weighted by Gasteiger charge is 2.36. The predicted octanol–water partition coefficient (Wildman–Crippen LogP) is 5.02. The SMILES string of the molecule is CCC(C)(C)C1CCC(N)C(Sc2cccc(C)c2)C1. The van der Waals surface area contributed by atoms with Crippen LogP contribution in [0.4, 0.5) is 0 Å². The minimum atomic E-state index is 0.351. The number of thioether (sulfide) groups is 1. The van der Waals surface area contributed by atoms with Crippen molar-refractivity contribution in [2.24, 2.45) is 17.1 Å². The van der Waals surface area contributed by atoms with Gasteiger partial charge in [-0.1, -0.05) is 44.9 Å². The lowest BCUT2D eigenvalue weighted by Crippen LogP contribution is -2.42. The highest BCUT2D eigenvalue weighted by atomic mass is 32.2. The van der Waals surface area contributed by atoms with E-state index in [9.17, 15) is 0 Å². The van der Waals surface area contributed by atoms with Crippen LogP contribution in [-0.4, -0.2) is 11.3 Å². The van der Waals surface area contributed by atoms with E-state index >= 15 is 0 Å². The molecule has 0 bridgehead atoms. The molecule has 3 unspecified atom stereocenters. The van der Waals surface area contributed by atoms with Crippen molar-refractivity contribution in [2.75, 3.05) is 0 Å². The topological polar surface area (TPSA) is 26.0 Å². The first kappa shape index (κ1) is 15.9. The molecule has 0 amide bonds. The monoisotopic (exact) mass is 291 g/mol. The Morgan fingerprint density at radius 2 is 2.05 bits per heavy atom. The molecule has 112 valence electrons. The van der Waals surface area contributed by atoms with Gasteiger partial charge in [-0.3, -0.25) is 0 Å². The second-order valence-corrected chi connectivity index (χ2v) is 8.30. The molecule has 0 aromatic heterocycles. The number of aryl methyl sites for hydroxylation is 1. The first-order chi connectivity index (χ1) is 9.42. The van der Waals surface area contributed by atoms with Gasteiger partial charge in [0.1, 0.15) is 0 Å². The van der Waals surface area contributed by atoms with Gasteiger partial charge >= 0.3 is 0 Å². The molecule has 1 aliphatic carbocycles. The normalized spacial score (nSPS) is 27.6. The molecule has 2 rings (SSSR count). The minimum Gasteiger partial charge on any atom is -0.327 e. The van der Waals surface area contributed by atoms with Crippen molar-refractivity contribution in [1.82, 2.24) is 0 Å². The summed E-state index contributed by atoms with van der Waals surface area (Å²) in [5.41, 5.74) is 8.18. The Morgan fingerprint density at radius 3 is 2.70 bits per heavy atom. The van der Waals surface area contributed by atoms with Gasteiger partial charge in [0.2, 0.25) is 0 Å². The molecule has 1 saturated carbocycles. The predicted molar refractivity (Wildman–Crippen MR) is 90.2 cm³/mol. The molecule has 0 heterocycles. The summed E-state index contributed by atoms with van der Waals surface area (Å²) in [5, 5.41) is 0.571. The number of nitrogens with two attached hydrogens (primary N) is 1. The van der Waals surface area contributed by atoms with E-state index in [1.165, 1.54) is 36.1 Å². The lowest BCUT2D eigenvalue weighted by molar-refractivity contribution is 0.148. The van der Waals surface area contributed by atoms with Crippen LogP contribution in [0.5, 0.6) is 0 Å². The Bertz CT molecular complexity index is 441. The maximum absolute atomic E-state index is 6.39. The number of hydrogen-bond donors (Lipinski definition) is 1. The fourth-order valence-electron chi connectivity index (χ4n) is 3.15. The van der Waals surface area contributed by atoms with Crippen molar-refractivity contribution < 1.29 is 0 Å². The molecule has 0 radical (unpaired) electrons. The van der Waals surface area contributed by atoms with E-state index < -0.39 is 0 Å². The van der Waals surface area contributed by atoms with Gasteiger partial charge in [-0.15, -0.1) is 11.8 Å². The van der Waals surface area contributed by atoms with Crippen molar-refractivity contribution in [3.63, 3.8) is 0 Å². The van der Waals surface area contributed by atoms with Gasteiger partial charge in [-0.25, -0.2) is 0 Å². The molecule has 0 saturated heterocycles. The van der Waals surface area contributed by atoms with Crippen molar-refractivity contribution >= 4 is 11.8 Å². The highest BCUT2D eigenvalue weighted by Crippen LogP contribution is 2.44. The van der Waals surface area contributed by atoms with Crippen LogP contribution in [0, 0.1) is 18.3 Å². The van der Waals surface area contributed by atoms with Crippen LogP contribution in [0.3, 0.4) is 0 Å². The van der Waals surface area contributed by atoms with Crippen LogP contribution in [-0.2, 0) is 0 Å². The van der Waals surface area contributed by atoms with E-state index in [4.69, 9.17) is 5.73 Å². The molecule has 0 aliphatic heterocycles. The number of benzene rings is 1. The number of hydrogen-bond acceptors (Lipinski definition) is 2. The second kappa shape index (κ2) is 6.53. The largest absolute Gasteiger partial charge is 0.327 e. The molecule has 2 N–H and O–H groups in total. The van der Waals surface area contributed by atoms with Gasteiger partial charge in [0.15, 0.2) is 0 Å². The van der Waals surface area contributed by atoms with E-state index in [0.29, 0.717) is 16.7 Å². The summed E-state index contributed by atoms with van der Waals surface area (Å²) in [6.07, 6.45) is 5.00. The van der Waals surface area contributed by atoms with Crippen molar-refractivity contribution in [1.29, 1.82) is 0 Å². The van der Waals surface area contributed by atoms with Gasteiger partial charge in [-0.05, 0) is 49.7 Å². The third kappa shape index (κ3) is 3.79. The van der Waals surface area contributed by atoms with Crippen LogP contribution < -0.4 is 5.73 Å². The molecule has 1 aliphatic rings. The smallest absolute Gasteiger partial charge is 0.0249 e. The second-order valence-electron chi connectivity index (χ2n) is 6.99. The third-order valence-corrected chi connectivity index (χ3v) is 6.51. The van der Waals surface area contributed by atoms with E-state index in [0.717, 1.165) is 5.92 Å². The van der Waals surface area contributed by atoms with Crippen molar-refractivity contribution in [3.8, 4) is 0 Å². The lowest BCUT2D eigenvalue weighted by Gasteiger charge is -2.41. The minimum absolute atomic E-state index is 0.351. The van der Waals surface area contributed by atoms with Gasteiger partial charge in [0.25, 0.3) is 0 Å². The molecular formula is C18H29NS. The Balaban J connectivity index is 2.06. The average molecular weight is 292 g/mol. The van der Waals surface area contributed by atoms with Gasteiger partial charge < -0.3 is 5.73 Å². The Hall–Kier alpha value is -0.470. The summed E-state index contributed by atoms with van der Waals surface area (Å²) in [6, 6.07) is 9.17. The molecule has 1 aromatic rings. The average Bonchev–Trinajstić information content (AvgIpc) is 2.41. The summed E-state index contributed by atoms with van der Waals surface area (Å²) in [4.78, 5) is 1.38. The molecular weight excluding hydrogens is 262 g/mol. The fourth-order valence-corrected chi connectivity index (χ4v) is 4.55. The van der Waals surface area contributed by atoms with Crippen LogP contribution in [0.15, 0.2) is 29.2 Å². The lowest BCUT2D eigenvalue weighted by atomic mass is 9.69. The van der Waals surface area contributed by atoms with Crippen LogP contribution >= 0.6 is 11.8 Å². The Labute approximate surface area is 128 Å². The third-order valence-electron chi connectivity index (χ3n) is 5.14. The van der Waals surface area contributed by atoms with Crippen LogP contribution in [0.2, 0.25) is 0 Å². The summed E-state index contributed by atoms with van der Waals surface area (Å²) < 4.78 is 0. The van der Waals surface area contributed by atoms with E-state index in [1.807, 2.05) is 11.8 Å². The zero-order chi connectivity index (χ0) is 14.8. The van der Waals surface area contributed by atoms with E-state index in [2.05, 4.69) is 52.0 Å². The highest BCUT2D eigenvalue weighted by molar-refractivity contribution is 8.00. The van der Waals surface area contributed by atoms with Gasteiger partial charge in [0, 0.05) is 16.2 Å². The molecule has 1 aromatic carbocycles. The molecule has 1 nitrogen and oxygen atoms in total. The van der Waals surface area contributed by atoms with Gasteiger partial charge in [-0.2, -0.15) is 0 Å². The Morgan fingerprint density at radius 1 is 1.30 bits per heavy atom. The van der Waals surface area contributed by atoms with E-state index in [1.54, 1.807) is 0 Å². The quantitative estimate of drug-likeness (QED) is 0.843. The summed E-state index contributed by atoms with van der Waals surface area (Å²) in [5.74, 6) is 0.814. The zero-order valence-electron chi connectivity index (χ0n) is 13.4. The van der Waals surface area contributed by atoms with Gasteiger partial charge in [0.05, 0.1) is 0 Å². The standard InChI is InChI=1S/C18H29NS/c1-5-18(3,4)14-9-10-16(19)17(12-14)20-15-8-6-7-13(2)11-15/h6-8,11,14,16-17H,5,9-10,12,19H2,1-4H3. The molecule has 0 spiro atoms. The zero-order valence-corrected chi connectivity index (χ0v) is 14.2. The van der Waals surface area contributed by atoms with Crippen molar-refractivity contribution in [3.05, 3.63) is 29.8 Å². The molecule has 3 atom stereocenters. The summed E-state index contributed by atoms with van der Waals surface area (Å²) in [7, 11) is 0. The molecule has 1 fully saturated rings. The van der Waals surface area contributed by atoms with Crippen molar-refractivity contribution in [2.45, 2.75) is 69.6 Å². The first-order valence-electron chi connectivity index (χ1n) is 7.91. The fraction of sp³-hybridized carbons (Fsp3) is 0.667. The maximum Gasteiger partial charge on any atom is 0.0249 e. The summed E-state index contributed by atoms with van der Waals surface area (Å²) in [6.45, 7) is 9.32. The van der Waals surface area contributed by atoms with Crippen LogP contribution in [0.1, 0.15) is 52.0 Å². The Kier molecular flexibility index (Phi) is 5.19. The maximum atomic E-state index is 6.39. The molecule has 20 heavy (non-hydrogen) atoms. The van der Waals surface area contributed by atoms with Crippen LogP contribution in [0.25, 0.3) is 0 Å². The summed E-state index contributed by atoms with van der Waals surface area (Å²) >= 11 is 1.99. The molecule has 2 heteroatoms. The number of rotatable bonds is 4. The first-order valence-corrected chi connectivity index (χ1v) is 8.79. The van der Waals surface area contributed by atoms with E-state index in [-0.39, 0.29) is 0 Å².